The first-order valence-electron chi connectivity index (χ1n) is 10.8. The number of nitrogens with zero attached hydrogens (tertiary/aromatic N) is 2. The molecule has 5 nitrogen and oxygen atoms in total. The van der Waals surface area contributed by atoms with Gasteiger partial charge in [0, 0.05) is 30.9 Å². The lowest BCUT2D eigenvalue weighted by molar-refractivity contribution is -0.120. The molecule has 0 aromatic heterocycles. The van der Waals surface area contributed by atoms with Gasteiger partial charge in [-0.15, -0.1) is 0 Å². The van der Waals surface area contributed by atoms with Gasteiger partial charge in [-0.3, -0.25) is 9.59 Å². The van der Waals surface area contributed by atoms with Gasteiger partial charge in [0.2, 0.25) is 0 Å². The molecule has 1 N–H and O–H groups in total. The zero-order valence-electron chi connectivity index (χ0n) is 18.4. The predicted molar refractivity (Wildman–Crippen MR) is 134 cm³/mol. The lowest BCUT2D eigenvalue weighted by Gasteiger charge is -2.19. The molecule has 4 aromatic rings. The molecular formula is C28H23N3O2. The molecule has 1 aliphatic rings. The highest BCUT2D eigenvalue weighted by Crippen LogP contribution is 2.36. The highest BCUT2D eigenvalue weighted by Gasteiger charge is 2.40. The van der Waals surface area contributed by atoms with Crippen molar-refractivity contribution in [2.45, 2.75) is 0 Å². The van der Waals surface area contributed by atoms with E-state index in [0.717, 1.165) is 22.1 Å². The van der Waals surface area contributed by atoms with Crippen LogP contribution in [0.25, 0.3) is 16.3 Å². The minimum atomic E-state index is -0.373. The summed E-state index contributed by atoms with van der Waals surface area (Å²) in [5.41, 5.74) is 3.57. The number of carbonyl (C=O) groups is 2. The molecule has 0 atom stereocenters. The Morgan fingerprint density at radius 2 is 1.42 bits per heavy atom. The highest BCUT2D eigenvalue weighted by molar-refractivity contribution is 6.46. The van der Waals surface area contributed by atoms with Crippen LogP contribution < -0.4 is 15.1 Å². The van der Waals surface area contributed by atoms with Crippen molar-refractivity contribution in [3.63, 3.8) is 0 Å². The molecule has 2 amide bonds. The van der Waals surface area contributed by atoms with Gasteiger partial charge in [0.1, 0.15) is 5.70 Å². The van der Waals surface area contributed by atoms with Crippen LogP contribution in [0.3, 0.4) is 0 Å². The van der Waals surface area contributed by atoms with Gasteiger partial charge in [0.25, 0.3) is 11.8 Å². The number of carbonyl (C=O) groups excluding carboxylic acids is 2. The average molecular weight is 434 g/mol. The summed E-state index contributed by atoms with van der Waals surface area (Å²) in [6.45, 7) is 0. The lowest BCUT2D eigenvalue weighted by atomic mass is 10.0. The average Bonchev–Trinajstić information content (AvgIpc) is 3.09. The zero-order valence-corrected chi connectivity index (χ0v) is 18.4. The Kier molecular flexibility index (Phi) is 5.15. The SMILES string of the molecule is CN(C)c1cccc(N2C(=O)C(Nc3cccc4ccccc34)=C(c3ccccc3)C2=O)c1. The number of benzene rings is 4. The van der Waals surface area contributed by atoms with Crippen LogP contribution in [-0.4, -0.2) is 25.9 Å². The monoisotopic (exact) mass is 433 g/mol. The number of hydrogen-bond acceptors (Lipinski definition) is 4. The summed E-state index contributed by atoms with van der Waals surface area (Å²) in [5.74, 6) is -0.715. The molecule has 0 saturated heterocycles. The molecule has 0 bridgehead atoms. The third-order valence-corrected chi connectivity index (χ3v) is 5.80. The van der Waals surface area contributed by atoms with Crippen molar-refractivity contribution < 1.29 is 9.59 Å². The fraction of sp³-hybridized carbons (Fsp3) is 0.0714. The lowest BCUT2D eigenvalue weighted by Crippen LogP contribution is -2.32. The van der Waals surface area contributed by atoms with E-state index in [1.165, 1.54) is 4.90 Å². The van der Waals surface area contributed by atoms with Gasteiger partial charge in [-0.2, -0.15) is 0 Å². The van der Waals surface area contributed by atoms with Gasteiger partial charge >= 0.3 is 0 Å². The van der Waals surface area contributed by atoms with Crippen LogP contribution in [0.2, 0.25) is 0 Å². The van der Waals surface area contributed by atoms with Gasteiger partial charge in [-0.25, -0.2) is 4.90 Å². The van der Waals surface area contributed by atoms with E-state index in [1.807, 2.05) is 110 Å². The second-order valence-corrected chi connectivity index (χ2v) is 8.13. The number of rotatable bonds is 5. The smallest absolute Gasteiger partial charge is 0.282 e. The Morgan fingerprint density at radius 1 is 0.727 bits per heavy atom. The van der Waals surface area contributed by atoms with Crippen molar-refractivity contribution in [1.29, 1.82) is 0 Å². The first-order chi connectivity index (χ1) is 16.0. The van der Waals surface area contributed by atoms with Crippen molar-refractivity contribution in [2.24, 2.45) is 0 Å². The third kappa shape index (κ3) is 3.64. The Balaban J connectivity index is 1.64. The van der Waals surface area contributed by atoms with Crippen molar-refractivity contribution in [1.82, 2.24) is 0 Å². The predicted octanol–water partition coefficient (Wildman–Crippen LogP) is 5.30. The van der Waals surface area contributed by atoms with Gasteiger partial charge < -0.3 is 10.2 Å². The Hall–Kier alpha value is -4.38. The van der Waals surface area contributed by atoms with E-state index >= 15 is 0 Å². The van der Waals surface area contributed by atoms with Crippen LogP contribution >= 0.6 is 0 Å². The summed E-state index contributed by atoms with van der Waals surface area (Å²) >= 11 is 0. The summed E-state index contributed by atoms with van der Waals surface area (Å²) < 4.78 is 0. The van der Waals surface area contributed by atoms with E-state index in [2.05, 4.69) is 5.32 Å². The Bertz CT molecular complexity index is 1400. The molecule has 0 aliphatic carbocycles. The number of imide groups is 1. The highest BCUT2D eigenvalue weighted by atomic mass is 16.2. The van der Waals surface area contributed by atoms with Gasteiger partial charge in [-0.05, 0) is 35.2 Å². The molecule has 1 aliphatic heterocycles. The number of amides is 2. The maximum absolute atomic E-state index is 13.7. The van der Waals surface area contributed by atoms with Crippen LogP contribution in [0.5, 0.6) is 0 Å². The molecule has 0 spiro atoms. The normalized spacial score (nSPS) is 13.7. The van der Waals surface area contributed by atoms with Crippen molar-refractivity contribution in [3.8, 4) is 0 Å². The number of hydrogen-bond donors (Lipinski definition) is 1. The van der Waals surface area contributed by atoms with Crippen LogP contribution in [-0.2, 0) is 9.59 Å². The van der Waals surface area contributed by atoms with E-state index in [9.17, 15) is 9.59 Å². The Morgan fingerprint density at radius 3 is 2.21 bits per heavy atom. The fourth-order valence-electron chi connectivity index (χ4n) is 4.13. The standard InChI is InChI=1S/C28H23N3O2/c1-30(2)21-14-9-15-22(18-21)31-27(32)25(20-11-4-3-5-12-20)26(28(31)33)29-24-17-8-13-19-10-6-7-16-23(19)24/h3-18,29H,1-2H3. The van der Waals surface area contributed by atoms with Crippen LogP contribution in [0.1, 0.15) is 5.56 Å². The van der Waals surface area contributed by atoms with E-state index in [-0.39, 0.29) is 17.5 Å². The van der Waals surface area contributed by atoms with Gasteiger partial charge in [0.05, 0.1) is 11.3 Å². The summed E-state index contributed by atoms with van der Waals surface area (Å²) in [4.78, 5) is 30.5. The number of anilines is 3. The van der Waals surface area contributed by atoms with Crippen molar-refractivity contribution in [2.75, 3.05) is 29.2 Å². The largest absolute Gasteiger partial charge is 0.378 e. The van der Waals surface area contributed by atoms with Crippen LogP contribution in [0.15, 0.2) is 103 Å². The first kappa shape index (κ1) is 20.5. The second-order valence-electron chi connectivity index (χ2n) is 8.13. The molecular weight excluding hydrogens is 410 g/mol. The minimum absolute atomic E-state index is 0.276. The maximum Gasteiger partial charge on any atom is 0.282 e. The topological polar surface area (TPSA) is 52.6 Å². The van der Waals surface area contributed by atoms with Crippen LogP contribution in [0.4, 0.5) is 17.1 Å². The summed E-state index contributed by atoms with van der Waals surface area (Å²) in [7, 11) is 3.85. The minimum Gasteiger partial charge on any atom is -0.378 e. The molecule has 1 heterocycles. The quantitative estimate of drug-likeness (QED) is 0.434. The van der Waals surface area contributed by atoms with Gasteiger partial charge in [-0.1, -0.05) is 72.8 Å². The molecule has 0 unspecified atom stereocenters. The molecule has 0 saturated carbocycles. The fourth-order valence-corrected chi connectivity index (χ4v) is 4.13. The third-order valence-electron chi connectivity index (χ3n) is 5.80. The second kappa shape index (κ2) is 8.28. The molecule has 5 rings (SSSR count). The molecule has 5 heteroatoms. The molecule has 33 heavy (non-hydrogen) atoms. The van der Waals surface area contributed by atoms with E-state index in [0.29, 0.717) is 16.8 Å². The van der Waals surface area contributed by atoms with Crippen LogP contribution in [0, 0.1) is 0 Å². The molecule has 4 aromatic carbocycles. The number of fused-ring (bicyclic) bond motifs is 1. The van der Waals surface area contributed by atoms with E-state index in [4.69, 9.17) is 0 Å². The summed E-state index contributed by atoms with van der Waals surface area (Å²) in [6, 6.07) is 30.6. The first-order valence-corrected chi connectivity index (χ1v) is 10.8. The number of nitrogens with one attached hydrogen (secondary N) is 1. The van der Waals surface area contributed by atoms with E-state index in [1.54, 1.807) is 6.07 Å². The van der Waals surface area contributed by atoms with Gasteiger partial charge in [0.15, 0.2) is 0 Å². The molecule has 0 fully saturated rings. The molecule has 0 radical (unpaired) electrons. The van der Waals surface area contributed by atoms with E-state index < -0.39 is 0 Å². The van der Waals surface area contributed by atoms with Crippen molar-refractivity contribution in [3.05, 3.63) is 108 Å². The summed E-state index contributed by atoms with van der Waals surface area (Å²) in [6.07, 6.45) is 0. The molecule has 162 valence electrons. The Labute approximate surface area is 192 Å². The maximum atomic E-state index is 13.7. The summed E-state index contributed by atoms with van der Waals surface area (Å²) in [5, 5.41) is 5.34. The van der Waals surface area contributed by atoms with Crippen molar-refractivity contribution >= 4 is 45.2 Å². The zero-order chi connectivity index (χ0) is 22.9.